The second kappa shape index (κ2) is 10.2. The summed E-state index contributed by atoms with van der Waals surface area (Å²) in [7, 11) is 0. The second-order valence-corrected chi connectivity index (χ2v) is 11.2. The molecule has 0 nitrogen and oxygen atoms in total. The Balaban J connectivity index is 1.17. The number of hydrogen-bond acceptors (Lipinski definition) is 0. The molecule has 0 radical (unpaired) electrons. The Kier molecular flexibility index (Phi) is 6.22. The molecule has 0 N–H and O–H groups in total. The smallest absolute Gasteiger partial charge is 0.0130 e. The quantitative estimate of drug-likeness (QED) is 0.174. The fourth-order valence-electron chi connectivity index (χ4n) is 5.33. The summed E-state index contributed by atoms with van der Waals surface area (Å²) >= 11 is 2.35. The van der Waals surface area contributed by atoms with Gasteiger partial charge in [0.25, 0.3) is 0 Å². The van der Waals surface area contributed by atoms with Crippen LogP contribution in [-0.4, -0.2) is 0 Å². The van der Waals surface area contributed by atoms with Crippen LogP contribution < -0.4 is 0 Å². The van der Waals surface area contributed by atoms with E-state index in [1.807, 2.05) is 0 Å². The van der Waals surface area contributed by atoms with Crippen molar-refractivity contribution in [2.45, 2.75) is 0 Å². The summed E-state index contributed by atoms with van der Waals surface area (Å²) in [5.74, 6) is 0. The molecule has 0 saturated heterocycles. The lowest BCUT2D eigenvalue weighted by atomic mass is 9.95. The Morgan fingerprint density at radius 1 is 0.256 bits per heavy atom. The maximum atomic E-state index is 2.35. The lowest BCUT2D eigenvalue weighted by molar-refractivity contribution is 1.58. The zero-order chi connectivity index (χ0) is 26.2. The van der Waals surface area contributed by atoms with Crippen LogP contribution >= 0.6 is 22.6 Å². The molecule has 0 amide bonds. The van der Waals surface area contributed by atoms with Crippen molar-refractivity contribution >= 4 is 44.1 Å². The first kappa shape index (κ1) is 23.9. The molecular weight excluding hydrogens is 583 g/mol. The summed E-state index contributed by atoms with van der Waals surface area (Å²) < 4.78 is 1.25. The van der Waals surface area contributed by atoms with Gasteiger partial charge in [0.15, 0.2) is 0 Å². The van der Waals surface area contributed by atoms with Crippen molar-refractivity contribution < 1.29 is 0 Å². The molecule has 0 spiro atoms. The molecule has 0 bridgehead atoms. The summed E-state index contributed by atoms with van der Waals surface area (Å²) in [6.07, 6.45) is 0. The maximum absolute atomic E-state index is 2.35. The fraction of sp³-hybridized carbons (Fsp3) is 0. The maximum Gasteiger partial charge on any atom is 0.0130 e. The summed E-state index contributed by atoms with van der Waals surface area (Å²) in [5, 5.41) is 5.06. The lowest BCUT2D eigenvalue weighted by Crippen LogP contribution is -1.84. The summed E-state index contributed by atoms with van der Waals surface area (Å²) in [4.78, 5) is 0. The van der Waals surface area contributed by atoms with E-state index >= 15 is 0 Å². The average molecular weight is 609 g/mol. The van der Waals surface area contributed by atoms with Crippen LogP contribution in [0.5, 0.6) is 0 Å². The second-order valence-electron chi connectivity index (χ2n) is 10.0. The van der Waals surface area contributed by atoms with Crippen LogP contribution in [0, 0.1) is 3.57 Å². The van der Waals surface area contributed by atoms with E-state index < -0.39 is 0 Å². The summed E-state index contributed by atoms with van der Waals surface area (Å²) in [6, 6.07) is 55.2. The molecule has 7 aromatic carbocycles. The molecule has 7 aromatic rings. The van der Waals surface area contributed by atoms with E-state index in [-0.39, 0.29) is 0 Å². The first-order valence-electron chi connectivity index (χ1n) is 13.2. The molecular formula is C38H25I. The number of benzene rings is 7. The highest BCUT2D eigenvalue weighted by Gasteiger charge is 2.06. The predicted octanol–water partition coefficient (Wildman–Crippen LogP) is 11.3. The van der Waals surface area contributed by atoms with Gasteiger partial charge >= 0.3 is 0 Å². The van der Waals surface area contributed by atoms with Gasteiger partial charge < -0.3 is 0 Å². The van der Waals surface area contributed by atoms with Gasteiger partial charge in [0.2, 0.25) is 0 Å². The number of fused-ring (bicyclic) bond motifs is 2. The van der Waals surface area contributed by atoms with E-state index in [0.29, 0.717) is 0 Å². The van der Waals surface area contributed by atoms with Crippen LogP contribution in [-0.2, 0) is 0 Å². The molecule has 0 atom stereocenters. The van der Waals surface area contributed by atoms with Crippen LogP contribution in [0.25, 0.3) is 66.1 Å². The Morgan fingerprint density at radius 3 is 1.03 bits per heavy atom. The van der Waals surface area contributed by atoms with Crippen molar-refractivity contribution in [2.24, 2.45) is 0 Å². The Morgan fingerprint density at radius 2 is 0.564 bits per heavy atom. The number of rotatable bonds is 4. The van der Waals surface area contributed by atoms with Crippen molar-refractivity contribution in [1.82, 2.24) is 0 Å². The van der Waals surface area contributed by atoms with Gasteiger partial charge in [-0.25, -0.2) is 0 Å². The third-order valence-corrected chi connectivity index (χ3v) is 8.26. The molecule has 7 rings (SSSR count). The fourth-order valence-corrected chi connectivity index (χ4v) is 5.69. The molecule has 0 aliphatic rings. The van der Waals surface area contributed by atoms with Crippen LogP contribution in [0.1, 0.15) is 0 Å². The molecule has 0 unspecified atom stereocenters. The molecule has 0 aromatic heterocycles. The molecule has 0 aliphatic heterocycles. The van der Waals surface area contributed by atoms with Crippen LogP contribution in [0.2, 0.25) is 0 Å². The highest BCUT2D eigenvalue weighted by atomic mass is 127. The molecule has 1 heteroatoms. The van der Waals surface area contributed by atoms with E-state index in [1.165, 1.54) is 69.6 Å². The molecule has 0 heterocycles. The zero-order valence-corrected chi connectivity index (χ0v) is 23.5. The standard InChI is InChI=1S/C38H25I/c39-38-21-19-28(20-22-38)27-5-7-30(8-6-27)35-17-14-32-15-18-36(25-37(32)24-35)31-11-9-29(10-12-31)34-16-13-26-3-1-2-4-33(26)23-34/h1-25H. The normalized spacial score (nSPS) is 11.2. The van der Waals surface area contributed by atoms with Crippen LogP contribution in [0.15, 0.2) is 152 Å². The number of halogens is 1. The SMILES string of the molecule is Ic1ccc(-c2ccc(-c3ccc4ccc(-c5ccc(-c6ccc7ccccc7c6)cc5)cc4c3)cc2)cc1. The van der Waals surface area contributed by atoms with E-state index in [0.717, 1.165) is 0 Å². The summed E-state index contributed by atoms with van der Waals surface area (Å²) in [5.41, 5.74) is 9.91. The molecule has 0 aliphatic carbocycles. The lowest BCUT2D eigenvalue weighted by Gasteiger charge is -2.09. The molecule has 39 heavy (non-hydrogen) atoms. The van der Waals surface area contributed by atoms with Crippen LogP contribution in [0.4, 0.5) is 0 Å². The molecule has 184 valence electrons. The van der Waals surface area contributed by atoms with Gasteiger partial charge in [-0.2, -0.15) is 0 Å². The molecule has 0 saturated carbocycles. The highest BCUT2D eigenvalue weighted by Crippen LogP contribution is 2.32. The predicted molar refractivity (Wildman–Crippen MR) is 176 cm³/mol. The Labute approximate surface area is 242 Å². The van der Waals surface area contributed by atoms with Gasteiger partial charge in [-0.05, 0) is 119 Å². The first-order valence-corrected chi connectivity index (χ1v) is 14.3. The first-order chi connectivity index (χ1) is 19.2. The minimum atomic E-state index is 1.23. The van der Waals surface area contributed by atoms with Crippen molar-refractivity contribution in [3.8, 4) is 44.5 Å². The van der Waals surface area contributed by atoms with Gasteiger partial charge in [0, 0.05) is 3.57 Å². The topological polar surface area (TPSA) is 0 Å². The summed E-state index contributed by atoms with van der Waals surface area (Å²) in [6.45, 7) is 0. The van der Waals surface area contributed by atoms with E-state index in [4.69, 9.17) is 0 Å². The van der Waals surface area contributed by atoms with E-state index in [2.05, 4.69) is 174 Å². The van der Waals surface area contributed by atoms with Gasteiger partial charge in [-0.15, -0.1) is 0 Å². The van der Waals surface area contributed by atoms with Gasteiger partial charge in [-0.3, -0.25) is 0 Å². The Bertz CT molecular complexity index is 1930. The van der Waals surface area contributed by atoms with Gasteiger partial charge in [0.1, 0.15) is 0 Å². The monoisotopic (exact) mass is 608 g/mol. The van der Waals surface area contributed by atoms with Gasteiger partial charge in [-0.1, -0.05) is 121 Å². The van der Waals surface area contributed by atoms with Crippen LogP contribution in [0.3, 0.4) is 0 Å². The third kappa shape index (κ3) is 4.86. The largest absolute Gasteiger partial charge is 0.0616 e. The minimum absolute atomic E-state index is 1.23. The van der Waals surface area contributed by atoms with Crippen molar-refractivity contribution in [2.75, 3.05) is 0 Å². The van der Waals surface area contributed by atoms with Crippen molar-refractivity contribution in [3.05, 3.63) is 155 Å². The highest BCUT2D eigenvalue weighted by molar-refractivity contribution is 14.1. The zero-order valence-electron chi connectivity index (χ0n) is 21.3. The van der Waals surface area contributed by atoms with Crippen molar-refractivity contribution in [1.29, 1.82) is 0 Å². The average Bonchev–Trinajstić information content (AvgIpc) is 3.01. The van der Waals surface area contributed by atoms with Crippen molar-refractivity contribution in [3.63, 3.8) is 0 Å². The van der Waals surface area contributed by atoms with E-state index in [9.17, 15) is 0 Å². The number of hydrogen-bond donors (Lipinski definition) is 0. The Hall–Kier alpha value is -4.21. The minimum Gasteiger partial charge on any atom is -0.0616 e. The third-order valence-electron chi connectivity index (χ3n) is 7.54. The molecule has 0 fully saturated rings. The van der Waals surface area contributed by atoms with E-state index in [1.54, 1.807) is 0 Å². The van der Waals surface area contributed by atoms with Gasteiger partial charge in [0.05, 0.1) is 0 Å².